The standard InChI is InChI=1S/C20H27NO5S/c1-5-25-18(23)13-8-6-7-12-14(19(24)26-20(2,3)4)17(27-15(12)13)21-16(22)11-9-10-11/h11,13H,5-10H2,1-4H3,(H,21,22). The second kappa shape index (κ2) is 7.62. The van der Waals surface area contributed by atoms with Crippen molar-refractivity contribution >= 4 is 34.2 Å². The van der Waals surface area contributed by atoms with Crippen LogP contribution in [0.1, 0.15) is 80.1 Å². The highest BCUT2D eigenvalue weighted by Gasteiger charge is 2.38. The summed E-state index contributed by atoms with van der Waals surface area (Å²) in [5, 5.41) is 3.42. The van der Waals surface area contributed by atoms with Gasteiger partial charge in [-0.15, -0.1) is 11.3 Å². The van der Waals surface area contributed by atoms with Gasteiger partial charge in [0.05, 0.1) is 18.1 Å². The molecule has 0 bridgehead atoms. The molecule has 0 radical (unpaired) electrons. The third-order valence-electron chi connectivity index (χ3n) is 4.63. The average molecular weight is 394 g/mol. The summed E-state index contributed by atoms with van der Waals surface area (Å²) in [6.45, 7) is 7.54. The minimum absolute atomic E-state index is 0.0245. The molecule has 0 saturated heterocycles. The number of ether oxygens (including phenoxy) is 2. The number of fused-ring (bicyclic) bond motifs is 1. The van der Waals surface area contributed by atoms with Crippen LogP contribution in [0.5, 0.6) is 0 Å². The molecule has 148 valence electrons. The van der Waals surface area contributed by atoms with Crippen molar-refractivity contribution in [2.45, 2.75) is 71.3 Å². The van der Waals surface area contributed by atoms with Crippen molar-refractivity contribution in [1.29, 1.82) is 0 Å². The predicted octanol–water partition coefficient (Wildman–Crippen LogP) is 4.03. The van der Waals surface area contributed by atoms with Crippen LogP contribution in [0.3, 0.4) is 0 Å². The second-order valence-corrected chi connectivity index (χ2v) is 9.16. The number of rotatable bonds is 5. The van der Waals surface area contributed by atoms with E-state index in [1.807, 2.05) is 20.8 Å². The molecular weight excluding hydrogens is 366 g/mol. The van der Waals surface area contributed by atoms with Crippen molar-refractivity contribution in [1.82, 2.24) is 0 Å². The maximum atomic E-state index is 12.9. The molecule has 2 aliphatic rings. The molecule has 2 aliphatic carbocycles. The molecule has 1 amide bonds. The molecule has 1 N–H and O–H groups in total. The third kappa shape index (κ3) is 4.51. The summed E-state index contributed by atoms with van der Waals surface area (Å²) >= 11 is 1.32. The molecule has 1 fully saturated rings. The van der Waals surface area contributed by atoms with Gasteiger partial charge >= 0.3 is 11.9 Å². The van der Waals surface area contributed by atoms with Gasteiger partial charge in [-0.1, -0.05) is 0 Å². The van der Waals surface area contributed by atoms with E-state index in [0.29, 0.717) is 30.0 Å². The van der Waals surface area contributed by atoms with Crippen molar-refractivity contribution in [3.63, 3.8) is 0 Å². The first-order valence-electron chi connectivity index (χ1n) is 9.57. The van der Waals surface area contributed by atoms with Crippen molar-refractivity contribution in [3.8, 4) is 0 Å². The fourth-order valence-electron chi connectivity index (χ4n) is 3.29. The topological polar surface area (TPSA) is 81.7 Å². The molecule has 27 heavy (non-hydrogen) atoms. The summed E-state index contributed by atoms with van der Waals surface area (Å²) in [6.07, 6.45) is 3.93. The van der Waals surface area contributed by atoms with Gasteiger partial charge in [0.15, 0.2) is 0 Å². The van der Waals surface area contributed by atoms with Crippen molar-refractivity contribution in [3.05, 3.63) is 16.0 Å². The first-order valence-corrected chi connectivity index (χ1v) is 10.4. The Morgan fingerprint density at radius 3 is 2.48 bits per heavy atom. The molecule has 1 saturated carbocycles. The predicted molar refractivity (Wildman–Crippen MR) is 103 cm³/mol. The lowest BCUT2D eigenvalue weighted by atomic mass is 9.87. The van der Waals surface area contributed by atoms with E-state index in [4.69, 9.17) is 9.47 Å². The number of anilines is 1. The van der Waals surface area contributed by atoms with Gasteiger partial charge in [0.1, 0.15) is 10.6 Å². The summed E-state index contributed by atoms with van der Waals surface area (Å²) in [4.78, 5) is 38.4. The zero-order valence-electron chi connectivity index (χ0n) is 16.3. The quantitative estimate of drug-likeness (QED) is 0.764. The van der Waals surface area contributed by atoms with Gasteiger partial charge < -0.3 is 14.8 Å². The van der Waals surface area contributed by atoms with Gasteiger partial charge in [0.2, 0.25) is 5.91 Å². The number of hydrogen-bond donors (Lipinski definition) is 1. The molecule has 1 aromatic rings. The van der Waals surface area contributed by atoms with Gasteiger partial charge in [-0.2, -0.15) is 0 Å². The molecule has 0 spiro atoms. The summed E-state index contributed by atoms with van der Waals surface area (Å²) in [5.41, 5.74) is 0.594. The van der Waals surface area contributed by atoms with Gasteiger partial charge in [-0.25, -0.2) is 4.79 Å². The highest BCUT2D eigenvalue weighted by Crippen LogP contribution is 2.45. The number of thiophene rings is 1. The van der Waals surface area contributed by atoms with Crippen molar-refractivity contribution in [2.24, 2.45) is 5.92 Å². The van der Waals surface area contributed by atoms with Crippen LogP contribution in [-0.2, 0) is 25.5 Å². The van der Waals surface area contributed by atoms with Crippen LogP contribution >= 0.6 is 11.3 Å². The number of amides is 1. The lowest BCUT2D eigenvalue weighted by Gasteiger charge is -2.23. The first-order chi connectivity index (χ1) is 12.7. The number of carbonyl (C=O) groups excluding carboxylic acids is 3. The Kier molecular flexibility index (Phi) is 5.60. The molecular formula is C20H27NO5S. The number of nitrogens with one attached hydrogen (secondary N) is 1. The van der Waals surface area contributed by atoms with E-state index in [1.165, 1.54) is 11.3 Å². The number of carbonyl (C=O) groups is 3. The Morgan fingerprint density at radius 1 is 1.19 bits per heavy atom. The molecule has 0 aromatic carbocycles. The Bertz CT molecular complexity index is 757. The van der Waals surface area contributed by atoms with Gasteiger partial charge in [0, 0.05) is 10.8 Å². The summed E-state index contributed by atoms with van der Waals surface area (Å²) in [7, 11) is 0. The Morgan fingerprint density at radius 2 is 1.89 bits per heavy atom. The van der Waals surface area contributed by atoms with Crippen LogP contribution in [0.15, 0.2) is 0 Å². The highest BCUT2D eigenvalue weighted by atomic mass is 32.1. The van der Waals surface area contributed by atoms with Crippen molar-refractivity contribution in [2.75, 3.05) is 11.9 Å². The zero-order chi connectivity index (χ0) is 19.8. The van der Waals surface area contributed by atoms with Crippen molar-refractivity contribution < 1.29 is 23.9 Å². The molecule has 1 unspecified atom stereocenters. The summed E-state index contributed by atoms with van der Waals surface area (Å²) in [5.74, 6) is -1.14. The highest BCUT2D eigenvalue weighted by molar-refractivity contribution is 7.17. The van der Waals surface area contributed by atoms with Gasteiger partial charge in [0.25, 0.3) is 0 Å². The van der Waals surface area contributed by atoms with Gasteiger partial charge in [-0.3, -0.25) is 9.59 Å². The minimum atomic E-state index is -0.640. The van der Waals surface area contributed by atoms with E-state index in [-0.39, 0.29) is 23.7 Å². The lowest BCUT2D eigenvalue weighted by molar-refractivity contribution is -0.145. The van der Waals surface area contributed by atoms with Crippen LogP contribution in [0.4, 0.5) is 5.00 Å². The fourth-order valence-corrected chi connectivity index (χ4v) is 4.65. The fraction of sp³-hybridized carbons (Fsp3) is 0.650. The van der Waals surface area contributed by atoms with E-state index < -0.39 is 11.6 Å². The van der Waals surface area contributed by atoms with Gasteiger partial charge in [-0.05, 0) is 65.4 Å². The molecule has 1 atom stereocenters. The van der Waals surface area contributed by atoms with E-state index in [0.717, 1.165) is 29.7 Å². The monoisotopic (exact) mass is 393 g/mol. The third-order valence-corrected chi connectivity index (χ3v) is 5.89. The van der Waals surface area contributed by atoms with Crippen LogP contribution < -0.4 is 5.32 Å². The second-order valence-electron chi connectivity index (χ2n) is 8.11. The smallest absolute Gasteiger partial charge is 0.341 e. The number of esters is 2. The molecule has 7 heteroatoms. The Balaban J connectivity index is 1.99. The molecule has 1 heterocycles. The minimum Gasteiger partial charge on any atom is -0.465 e. The SMILES string of the molecule is CCOC(=O)C1CCCc2c1sc(NC(=O)C1CC1)c2C(=O)OC(C)(C)C. The van der Waals surface area contributed by atoms with E-state index >= 15 is 0 Å². The normalized spacial score (nSPS) is 19.2. The molecule has 6 nitrogen and oxygen atoms in total. The maximum absolute atomic E-state index is 12.9. The van der Waals surface area contributed by atoms with Crippen LogP contribution in [-0.4, -0.2) is 30.1 Å². The average Bonchev–Trinajstić information content (AvgIpc) is 3.34. The maximum Gasteiger partial charge on any atom is 0.341 e. The Labute approximate surface area is 163 Å². The lowest BCUT2D eigenvalue weighted by Crippen LogP contribution is -2.26. The van der Waals surface area contributed by atoms with E-state index in [9.17, 15) is 14.4 Å². The summed E-state index contributed by atoms with van der Waals surface area (Å²) < 4.78 is 10.8. The number of hydrogen-bond acceptors (Lipinski definition) is 6. The van der Waals surface area contributed by atoms with Crippen LogP contribution in [0, 0.1) is 5.92 Å². The Hall–Kier alpha value is -1.89. The first kappa shape index (κ1) is 19.9. The molecule has 1 aromatic heterocycles. The zero-order valence-corrected chi connectivity index (χ0v) is 17.2. The van der Waals surface area contributed by atoms with E-state index in [2.05, 4.69) is 5.32 Å². The van der Waals surface area contributed by atoms with E-state index in [1.54, 1.807) is 6.92 Å². The summed E-state index contributed by atoms with van der Waals surface area (Å²) in [6, 6.07) is 0. The van der Waals surface area contributed by atoms with Crippen LogP contribution in [0.2, 0.25) is 0 Å². The molecule has 0 aliphatic heterocycles. The molecule has 3 rings (SSSR count). The largest absolute Gasteiger partial charge is 0.465 e. The van der Waals surface area contributed by atoms with Crippen LogP contribution in [0.25, 0.3) is 0 Å².